The lowest BCUT2D eigenvalue weighted by Crippen LogP contribution is -2.37. The zero-order valence-corrected chi connectivity index (χ0v) is 11.2. The Balaban J connectivity index is 1.60. The van der Waals surface area contributed by atoms with E-state index >= 15 is 0 Å². The van der Waals surface area contributed by atoms with Crippen molar-refractivity contribution in [1.82, 2.24) is 0 Å². The van der Waals surface area contributed by atoms with Crippen molar-refractivity contribution in [3.63, 3.8) is 0 Å². The van der Waals surface area contributed by atoms with Gasteiger partial charge in [0.15, 0.2) is 0 Å². The maximum atomic E-state index is 12.7. The summed E-state index contributed by atoms with van der Waals surface area (Å²) in [7, 11) is 0. The molecule has 2 amide bonds. The minimum atomic E-state index is -0.203. The number of rotatable bonds is 1. The van der Waals surface area contributed by atoms with Gasteiger partial charge in [-0.15, -0.1) is 0 Å². The smallest absolute Gasteiger partial charge is 0.242 e. The number of nitrogens with zero attached hydrogens (tertiary/aromatic N) is 1. The van der Waals surface area contributed by atoms with Crippen LogP contribution in [-0.4, -0.2) is 16.9 Å². The molecule has 2 radical (unpaired) electrons. The Morgan fingerprint density at radius 2 is 1.62 bits per heavy atom. The van der Waals surface area contributed by atoms with Crippen LogP contribution in [0.15, 0.2) is 36.4 Å². The molecule has 1 aromatic rings. The van der Waals surface area contributed by atoms with E-state index in [0.29, 0.717) is 29.4 Å². The SMILES string of the molecule is O=C1[C]2[C](C(=O)N1c1cccc(O)c1)[C@@H]1C=C[C@H]2C2CC21. The van der Waals surface area contributed by atoms with Crippen LogP contribution in [0.4, 0.5) is 5.69 Å². The normalized spacial score (nSPS) is 37.0. The lowest BCUT2D eigenvalue weighted by molar-refractivity contribution is -0.120. The number of amides is 2. The van der Waals surface area contributed by atoms with E-state index in [1.54, 1.807) is 12.1 Å². The molecule has 104 valence electrons. The number of hydrogen-bond donors (Lipinski definition) is 1. The van der Waals surface area contributed by atoms with Gasteiger partial charge in [0.25, 0.3) is 0 Å². The van der Waals surface area contributed by atoms with Crippen molar-refractivity contribution in [2.75, 3.05) is 4.90 Å². The van der Waals surface area contributed by atoms with Crippen molar-refractivity contribution in [2.24, 2.45) is 23.7 Å². The maximum absolute atomic E-state index is 12.7. The third kappa shape index (κ3) is 1.30. The van der Waals surface area contributed by atoms with Crippen molar-refractivity contribution >= 4 is 17.5 Å². The first-order valence-corrected chi connectivity index (χ1v) is 7.27. The molecule has 4 aliphatic carbocycles. The van der Waals surface area contributed by atoms with Crippen molar-refractivity contribution in [3.05, 3.63) is 48.3 Å². The van der Waals surface area contributed by atoms with Gasteiger partial charge >= 0.3 is 0 Å². The van der Waals surface area contributed by atoms with Crippen LogP contribution in [0, 0.1) is 35.5 Å². The summed E-state index contributed by atoms with van der Waals surface area (Å²) in [4.78, 5) is 26.7. The summed E-state index contributed by atoms with van der Waals surface area (Å²) in [5.74, 6) is 2.41. The molecular weight excluding hydrogens is 266 g/mol. The molecule has 21 heavy (non-hydrogen) atoms. The zero-order chi connectivity index (χ0) is 14.3. The number of carbonyl (C=O) groups excluding carboxylic acids is 2. The second-order valence-electron chi connectivity index (χ2n) is 6.29. The molecule has 1 aromatic carbocycles. The molecule has 2 unspecified atom stereocenters. The summed E-state index contributed by atoms with van der Waals surface area (Å²) in [5.41, 5.74) is 0.451. The highest BCUT2D eigenvalue weighted by Crippen LogP contribution is 2.67. The molecule has 3 fully saturated rings. The van der Waals surface area contributed by atoms with Crippen molar-refractivity contribution in [1.29, 1.82) is 0 Å². The van der Waals surface area contributed by atoms with E-state index in [1.807, 2.05) is 0 Å². The van der Waals surface area contributed by atoms with Crippen LogP contribution < -0.4 is 4.90 Å². The molecule has 2 saturated carbocycles. The first-order chi connectivity index (χ1) is 10.2. The van der Waals surface area contributed by atoms with Gasteiger partial charge in [0, 0.05) is 6.07 Å². The fourth-order valence-corrected chi connectivity index (χ4v) is 4.28. The van der Waals surface area contributed by atoms with E-state index in [1.165, 1.54) is 17.0 Å². The molecule has 1 N–H and O–H groups in total. The number of phenols is 1. The van der Waals surface area contributed by atoms with Crippen molar-refractivity contribution in [3.8, 4) is 5.75 Å². The van der Waals surface area contributed by atoms with Gasteiger partial charge in [-0.05, 0) is 42.2 Å². The van der Waals surface area contributed by atoms with Crippen LogP contribution >= 0.6 is 0 Å². The Morgan fingerprint density at radius 3 is 2.19 bits per heavy atom. The number of carbonyl (C=O) groups is 2. The lowest BCUT2D eigenvalue weighted by Gasteiger charge is -2.36. The molecule has 2 bridgehead atoms. The van der Waals surface area contributed by atoms with Gasteiger partial charge in [-0.25, -0.2) is 4.90 Å². The van der Waals surface area contributed by atoms with Crippen LogP contribution in [0.25, 0.3) is 0 Å². The van der Waals surface area contributed by atoms with E-state index in [9.17, 15) is 14.7 Å². The van der Waals surface area contributed by atoms with E-state index in [0.717, 1.165) is 6.42 Å². The largest absolute Gasteiger partial charge is 0.508 e. The Hall–Kier alpha value is -2.10. The second kappa shape index (κ2) is 3.56. The summed E-state index contributed by atoms with van der Waals surface area (Å²) >= 11 is 0. The van der Waals surface area contributed by atoms with Crippen molar-refractivity contribution < 1.29 is 14.7 Å². The van der Waals surface area contributed by atoms with E-state index < -0.39 is 0 Å². The number of allylic oxidation sites excluding steroid dienone is 2. The predicted molar refractivity (Wildman–Crippen MR) is 74.8 cm³/mol. The Kier molecular flexibility index (Phi) is 1.96. The molecule has 1 heterocycles. The highest BCUT2D eigenvalue weighted by atomic mass is 16.3. The number of hydrogen-bond acceptors (Lipinski definition) is 3. The lowest BCUT2D eigenvalue weighted by atomic mass is 9.63. The summed E-state index contributed by atoms with van der Waals surface area (Å²) in [6.07, 6.45) is 5.34. The molecular formula is C17H13NO3. The van der Waals surface area contributed by atoms with Crippen molar-refractivity contribution in [2.45, 2.75) is 6.42 Å². The van der Waals surface area contributed by atoms with Crippen LogP contribution in [0.5, 0.6) is 5.75 Å². The fraction of sp³-hybridized carbons (Fsp3) is 0.294. The molecule has 4 nitrogen and oxygen atoms in total. The average molecular weight is 279 g/mol. The summed E-state index contributed by atoms with van der Waals surface area (Å²) in [6, 6.07) is 6.32. The predicted octanol–water partition coefficient (Wildman–Crippen LogP) is 1.87. The van der Waals surface area contributed by atoms with Crippen LogP contribution in [-0.2, 0) is 9.59 Å². The zero-order valence-electron chi connectivity index (χ0n) is 11.2. The van der Waals surface area contributed by atoms with Gasteiger partial charge in [0.2, 0.25) is 11.8 Å². The highest BCUT2D eigenvalue weighted by Gasteiger charge is 2.68. The monoisotopic (exact) mass is 279 g/mol. The molecule has 6 rings (SSSR count). The number of imide groups is 1. The molecule has 0 aromatic heterocycles. The first kappa shape index (κ1) is 11.5. The number of phenolic OH excluding ortho intramolecular Hbond substituents is 1. The first-order valence-electron chi connectivity index (χ1n) is 7.27. The highest BCUT2D eigenvalue weighted by molar-refractivity contribution is 6.34. The third-order valence-corrected chi connectivity index (χ3v) is 5.25. The quantitative estimate of drug-likeness (QED) is 0.630. The van der Waals surface area contributed by atoms with E-state index in [2.05, 4.69) is 12.2 Å². The van der Waals surface area contributed by atoms with Crippen LogP contribution in [0.1, 0.15) is 6.42 Å². The van der Waals surface area contributed by atoms with Gasteiger partial charge < -0.3 is 5.11 Å². The standard InChI is InChI=1S/C17H13NO3/c19-9-3-1-2-8(6-9)18-16(20)14-10-4-5-11(13-7-12(10)13)15(14)17(18)21/h1-6,10-13,19H,7H2/t10-,11+,12?,13?. The Labute approximate surface area is 122 Å². The molecule has 4 heteroatoms. The van der Waals surface area contributed by atoms with Gasteiger partial charge in [-0.2, -0.15) is 0 Å². The van der Waals surface area contributed by atoms with Gasteiger partial charge in [0.05, 0.1) is 17.5 Å². The number of aromatic hydroxyl groups is 1. The maximum Gasteiger partial charge on any atom is 0.242 e. The van der Waals surface area contributed by atoms with Crippen LogP contribution in [0.3, 0.4) is 0 Å². The Morgan fingerprint density at radius 1 is 1.00 bits per heavy atom. The summed E-state index contributed by atoms with van der Waals surface area (Å²) < 4.78 is 0. The number of anilines is 1. The average Bonchev–Trinajstić information content (AvgIpc) is 3.24. The minimum absolute atomic E-state index is 0.0573. The third-order valence-electron chi connectivity index (χ3n) is 5.25. The van der Waals surface area contributed by atoms with E-state index in [-0.39, 0.29) is 29.4 Å². The second-order valence-corrected chi connectivity index (χ2v) is 6.29. The molecule has 0 spiro atoms. The van der Waals surface area contributed by atoms with E-state index in [4.69, 9.17) is 0 Å². The molecule has 1 saturated heterocycles. The van der Waals surface area contributed by atoms with Crippen LogP contribution in [0.2, 0.25) is 0 Å². The molecule has 5 aliphatic rings. The molecule has 4 atom stereocenters. The minimum Gasteiger partial charge on any atom is -0.508 e. The van der Waals surface area contributed by atoms with Gasteiger partial charge in [0.1, 0.15) is 5.75 Å². The molecule has 1 aliphatic heterocycles. The number of benzene rings is 1. The Bertz CT molecular complexity index is 674. The summed E-state index contributed by atoms with van der Waals surface area (Å²) in [6.45, 7) is 0. The summed E-state index contributed by atoms with van der Waals surface area (Å²) in [5, 5.41) is 9.59. The van der Waals surface area contributed by atoms with Gasteiger partial charge in [-0.3, -0.25) is 9.59 Å². The topological polar surface area (TPSA) is 57.6 Å². The fourth-order valence-electron chi connectivity index (χ4n) is 4.28. The van der Waals surface area contributed by atoms with Gasteiger partial charge in [-0.1, -0.05) is 18.2 Å².